The van der Waals surface area contributed by atoms with Crippen molar-refractivity contribution >= 4 is 27.3 Å². The number of fused-ring (bicyclic) bond motifs is 1. The zero-order valence-corrected chi connectivity index (χ0v) is 11.8. The van der Waals surface area contributed by atoms with E-state index in [2.05, 4.69) is 4.98 Å². The molecule has 100 valence electrons. The van der Waals surface area contributed by atoms with Crippen molar-refractivity contribution in [1.82, 2.24) is 4.98 Å². The molecule has 0 aliphatic heterocycles. The maximum absolute atomic E-state index is 11.7. The Morgan fingerprint density at radius 1 is 1.25 bits per heavy atom. The van der Waals surface area contributed by atoms with Crippen LogP contribution in [0.2, 0.25) is 0 Å². The maximum Gasteiger partial charge on any atom is 0.161 e. The molecule has 0 aliphatic rings. The molecule has 20 heavy (non-hydrogen) atoms. The van der Waals surface area contributed by atoms with Crippen molar-refractivity contribution in [3.63, 3.8) is 0 Å². The van der Waals surface area contributed by atoms with Gasteiger partial charge in [0.15, 0.2) is 5.78 Å². The average Bonchev–Trinajstić information content (AvgIpc) is 2.93. The summed E-state index contributed by atoms with van der Waals surface area (Å²) in [6, 6.07) is 13.6. The Morgan fingerprint density at radius 3 is 2.80 bits per heavy atom. The van der Waals surface area contributed by atoms with E-state index < -0.39 is 0 Å². The third kappa shape index (κ3) is 2.56. The zero-order valence-electron chi connectivity index (χ0n) is 11.0. The number of ketones is 1. The predicted octanol–water partition coefficient (Wildman–Crippen LogP) is 4.08. The number of hydrogen-bond donors (Lipinski definition) is 0. The minimum absolute atomic E-state index is 0.0319. The molecule has 0 saturated carbocycles. The molecule has 0 spiro atoms. The van der Waals surface area contributed by atoms with Crippen LogP contribution in [0.4, 0.5) is 0 Å². The summed E-state index contributed by atoms with van der Waals surface area (Å²) >= 11 is 1.48. The van der Waals surface area contributed by atoms with Crippen LogP contribution in [0, 0.1) is 0 Å². The van der Waals surface area contributed by atoms with Gasteiger partial charge in [-0.1, -0.05) is 30.3 Å². The van der Waals surface area contributed by atoms with Gasteiger partial charge in [-0.2, -0.15) is 0 Å². The topological polar surface area (TPSA) is 39.2 Å². The quantitative estimate of drug-likeness (QED) is 0.677. The van der Waals surface area contributed by atoms with E-state index in [0.717, 1.165) is 15.8 Å². The third-order valence-electron chi connectivity index (χ3n) is 3.03. The number of ether oxygens (including phenoxy) is 1. The van der Waals surface area contributed by atoms with Gasteiger partial charge in [0.05, 0.1) is 15.7 Å². The van der Waals surface area contributed by atoms with Crippen molar-refractivity contribution in [1.29, 1.82) is 0 Å². The SMILES string of the molecule is CC(=O)c1cc(OCc2ccccc2)cc2ncsc12. The summed E-state index contributed by atoms with van der Waals surface area (Å²) in [7, 11) is 0. The minimum Gasteiger partial charge on any atom is -0.489 e. The monoisotopic (exact) mass is 283 g/mol. The highest BCUT2D eigenvalue weighted by molar-refractivity contribution is 7.17. The predicted molar refractivity (Wildman–Crippen MR) is 80.4 cm³/mol. The zero-order chi connectivity index (χ0) is 13.9. The summed E-state index contributed by atoms with van der Waals surface area (Å²) in [6.07, 6.45) is 0. The van der Waals surface area contributed by atoms with Crippen molar-refractivity contribution in [3.05, 3.63) is 59.1 Å². The standard InChI is InChI=1S/C16H13NO2S/c1-11(18)14-7-13(8-15-16(14)20-10-17-15)19-9-12-5-3-2-4-6-12/h2-8,10H,9H2,1H3. The van der Waals surface area contributed by atoms with E-state index in [4.69, 9.17) is 4.74 Å². The van der Waals surface area contributed by atoms with E-state index in [9.17, 15) is 4.79 Å². The van der Waals surface area contributed by atoms with Crippen LogP contribution in [0.1, 0.15) is 22.8 Å². The largest absolute Gasteiger partial charge is 0.489 e. The number of aromatic nitrogens is 1. The van der Waals surface area contributed by atoms with Crippen LogP contribution in [0.5, 0.6) is 5.75 Å². The summed E-state index contributed by atoms with van der Waals surface area (Å²) < 4.78 is 6.69. The second-order valence-electron chi connectivity index (χ2n) is 4.50. The molecule has 0 aliphatic carbocycles. The fourth-order valence-corrected chi connectivity index (χ4v) is 2.86. The number of carbonyl (C=O) groups is 1. The first-order chi connectivity index (χ1) is 9.74. The lowest BCUT2D eigenvalue weighted by Crippen LogP contribution is -1.98. The van der Waals surface area contributed by atoms with Gasteiger partial charge in [0.1, 0.15) is 12.4 Å². The molecular formula is C16H13NO2S. The molecule has 0 bridgehead atoms. The van der Waals surface area contributed by atoms with E-state index in [1.165, 1.54) is 11.3 Å². The fraction of sp³-hybridized carbons (Fsp3) is 0.125. The minimum atomic E-state index is 0.0319. The van der Waals surface area contributed by atoms with Crippen LogP contribution >= 0.6 is 11.3 Å². The van der Waals surface area contributed by atoms with E-state index in [1.54, 1.807) is 18.5 Å². The second-order valence-corrected chi connectivity index (χ2v) is 5.36. The summed E-state index contributed by atoms with van der Waals surface area (Å²) in [4.78, 5) is 16.0. The van der Waals surface area contributed by atoms with Crippen molar-refractivity contribution in [2.75, 3.05) is 0 Å². The van der Waals surface area contributed by atoms with Crippen molar-refractivity contribution < 1.29 is 9.53 Å². The number of hydrogen-bond acceptors (Lipinski definition) is 4. The Morgan fingerprint density at radius 2 is 2.05 bits per heavy atom. The van der Waals surface area contributed by atoms with E-state index >= 15 is 0 Å². The van der Waals surface area contributed by atoms with Gasteiger partial charge in [-0.25, -0.2) is 4.98 Å². The summed E-state index contributed by atoms with van der Waals surface area (Å²) in [6.45, 7) is 2.04. The number of rotatable bonds is 4. The van der Waals surface area contributed by atoms with Gasteiger partial charge in [-0.15, -0.1) is 11.3 Å². The van der Waals surface area contributed by atoms with Gasteiger partial charge in [0, 0.05) is 11.6 Å². The highest BCUT2D eigenvalue weighted by Crippen LogP contribution is 2.28. The summed E-state index contributed by atoms with van der Waals surface area (Å²) in [5.41, 5.74) is 4.33. The number of carbonyl (C=O) groups excluding carboxylic acids is 1. The lowest BCUT2D eigenvalue weighted by Gasteiger charge is -2.08. The van der Waals surface area contributed by atoms with Gasteiger partial charge in [-0.3, -0.25) is 4.79 Å². The van der Waals surface area contributed by atoms with Gasteiger partial charge >= 0.3 is 0 Å². The third-order valence-corrected chi connectivity index (χ3v) is 3.91. The van der Waals surface area contributed by atoms with Crippen LogP contribution in [0.3, 0.4) is 0 Å². The molecule has 1 aromatic heterocycles. The molecule has 3 aromatic rings. The van der Waals surface area contributed by atoms with E-state index in [-0.39, 0.29) is 5.78 Å². The van der Waals surface area contributed by atoms with Crippen molar-refractivity contribution in [3.8, 4) is 5.75 Å². The molecule has 0 N–H and O–H groups in total. The average molecular weight is 283 g/mol. The van der Waals surface area contributed by atoms with Crippen LogP contribution in [0.15, 0.2) is 48.0 Å². The van der Waals surface area contributed by atoms with Crippen LogP contribution in [-0.4, -0.2) is 10.8 Å². The maximum atomic E-state index is 11.7. The molecule has 0 radical (unpaired) electrons. The molecule has 0 unspecified atom stereocenters. The molecule has 0 saturated heterocycles. The van der Waals surface area contributed by atoms with Crippen LogP contribution < -0.4 is 4.74 Å². The summed E-state index contributed by atoms with van der Waals surface area (Å²) in [5, 5.41) is 0. The number of Topliss-reactive ketones (excluding diaryl/α,β-unsaturated/α-hetero) is 1. The van der Waals surface area contributed by atoms with E-state index in [1.807, 2.05) is 36.4 Å². The molecule has 3 rings (SSSR count). The molecule has 3 nitrogen and oxygen atoms in total. The first kappa shape index (κ1) is 12.8. The smallest absolute Gasteiger partial charge is 0.161 e. The molecular weight excluding hydrogens is 270 g/mol. The van der Waals surface area contributed by atoms with Crippen molar-refractivity contribution in [2.24, 2.45) is 0 Å². The first-order valence-electron chi connectivity index (χ1n) is 6.29. The summed E-state index contributed by atoms with van der Waals surface area (Å²) in [5.74, 6) is 0.710. The Bertz CT molecular complexity index is 750. The molecule has 0 amide bonds. The van der Waals surface area contributed by atoms with Gasteiger partial charge in [0.2, 0.25) is 0 Å². The van der Waals surface area contributed by atoms with Gasteiger partial charge in [0.25, 0.3) is 0 Å². The molecule has 2 aromatic carbocycles. The van der Waals surface area contributed by atoms with Gasteiger partial charge < -0.3 is 4.74 Å². The number of thiazole rings is 1. The lowest BCUT2D eigenvalue weighted by molar-refractivity contribution is 0.101. The Hall–Kier alpha value is -2.20. The van der Waals surface area contributed by atoms with E-state index in [0.29, 0.717) is 17.9 Å². The van der Waals surface area contributed by atoms with Gasteiger partial charge in [-0.05, 0) is 18.6 Å². The number of nitrogens with zero attached hydrogens (tertiary/aromatic N) is 1. The highest BCUT2D eigenvalue weighted by atomic mass is 32.1. The number of benzene rings is 2. The van der Waals surface area contributed by atoms with Crippen molar-refractivity contribution in [2.45, 2.75) is 13.5 Å². The Balaban J connectivity index is 1.90. The molecule has 1 heterocycles. The highest BCUT2D eigenvalue weighted by Gasteiger charge is 2.11. The van der Waals surface area contributed by atoms with Crippen LogP contribution in [-0.2, 0) is 6.61 Å². The fourth-order valence-electron chi connectivity index (χ4n) is 2.03. The molecule has 0 fully saturated rings. The first-order valence-corrected chi connectivity index (χ1v) is 7.17. The normalized spacial score (nSPS) is 10.7. The Labute approximate surface area is 120 Å². The van der Waals surface area contributed by atoms with Crippen LogP contribution in [0.25, 0.3) is 10.2 Å². The lowest BCUT2D eigenvalue weighted by atomic mass is 10.1. The Kier molecular flexibility index (Phi) is 3.48. The molecule has 0 atom stereocenters. The molecule has 4 heteroatoms. The second kappa shape index (κ2) is 5.43.